The van der Waals surface area contributed by atoms with Gasteiger partial charge in [0.05, 0.1) is 11.0 Å². The quantitative estimate of drug-likeness (QED) is 0.665. The lowest BCUT2D eigenvalue weighted by Crippen LogP contribution is -2.36. The first-order chi connectivity index (χ1) is 11.0. The highest BCUT2D eigenvalue weighted by atomic mass is 16.6. The Hall–Kier alpha value is -2.97. The number of aryl methyl sites for hydroxylation is 2. The second-order valence-corrected chi connectivity index (χ2v) is 5.39. The number of fused-ring (bicyclic) bond motifs is 1. The molecule has 1 aliphatic rings. The summed E-state index contributed by atoms with van der Waals surface area (Å²) in [6.45, 7) is 2.51. The number of amides is 2. The zero-order valence-corrected chi connectivity index (χ0v) is 12.5. The van der Waals surface area contributed by atoms with Gasteiger partial charge in [-0.2, -0.15) is 5.10 Å². The van der Waals surface area contributed by atoms with Crippen LogP contribution in [0.25, 0.3) is 0 Å². The first-order valence-corrected chi connectivity index (χ1v) is 7.25. The van der Waals surface area contributed by atoms with Gasteiger partial charge in [-0.15, -0.1) is 0 Å². The second kappa shape index (κ2) is 6.03. The Kier molecular flexibility index (Phi) is 3.92. The molecule has 120 valence electrons. The second-order valence-electron chi connectivity index (χ2n) is 5.39. The topological polar surface area (TPSA) is 115 Å². The predicted molar refractivity (Wildman–Crippen MR) is 82.0 cm³/mol. The molecule has 2 amide bonds. The van der Waals surface area contributed by atoms with Crippen LogP contribution in [-0.2, 0) is 6.54 Å². The number of anilines is 1. The molecule has 2 N–H and O–H groups in total. The maximum absolute atomic E-state index is 12.2. The molecule has 0 spiro atoms. The van der Waals surface area contributed by atoms with E-state index in [0.29, 0.717) is 11.3 Å². The van der Waals surface area contributed by atoms with Crippen LogP contribution >= 0.6 is 0 Å². The van der Waals surface area contributed by atoms with Crippen molar-refractivity contribution in [3.05, 3.63) is 46.0 Å². The number of aromatic nitrogens is 3. The maximum Gasteiger partial charge on any atom is 0.319 e. The Balaban J connectivity index is 1.68. The predicted octanol–water partition coefficient (Wildman–Crippen LogP) is 2.15. The summed E-state index contributed by atoms with van der Waals surface area (Å²) in [5.41, 5.74) is 1.15. The van der Waals surface area contributed by atoms with E-state index in [0.717, 1.165) is 25.2 Å². The molecule has 0 unspecified atom stereocenters. The molecule has 0 bridgehead atoms. The van der Waals surface area contributed by atoms with Crippen LogP contribution in [0.3, 0.4) is 0 Å². The number of urea groups is 1. The van der Waals surface area contributed by atoms with E-state index in [9.17, 15) is 14.9 Å². The zero-order valence-electron chi connectivity index (χ0n) is 12.5. The van der Waals surface area contributed by atoms with Crippen molar-refractivity contribution in [1.82, 2.24) is 20.1 Å². The average Bonchev–Trinajstić information content (AvgIpc) is 2.98. The standard InChI is InChI=1S/C14H16N6O3/c1-9-7-10(20(22)23)4-5-11(9)17-14(21)18-12-3-2-6-19-13(12)15-8-16-19/h4-5,7-8,12H,2-3,6H2,1H3,(H2,17,18,21)/t12-/m0/s1. The van der Waals surface area contributed by atoms with E-state index in [1.807, 2.05) is 0 Å². The van der Waals surface area contributed by atoms with Crippen molar-refractivity contribution >= 4 is 17.4 Å². The summed E-state index contributed by atoms with van der Waals surface area (Å²) >= 11 is 0. The van der Waals surface area contributed by atoms with Crippen molar-refractivity contribution in [2.75, 3.05) is 5.32 Å². The molecular weight excluding hydrogens is 300 g/mol. The molecule has 2 aromatic rings. The van der Waals surface area contributed by atoms with E-state index >= 15 is 0 Å². The van der Waals surface area contributed by atoms with E-state index in [1.165, 1.54) is 24.5 Å². The van der Waals surface area contributed by atoms with Crippen LogP contribution in [0.5, 0.6) is 0 Å². The lowest BCUT2D eigenvalue weighted by atomic mass is 10.1. The Labute approximate surface area is 131 Å². The van der Waals surface area contributed by atoms with E-state index in [2.05, 4.69) is 20.7 Å². The smallest absolute Gasteiger partial charge is 0.319 e. The molecule has 1 aromatic carbocycles. The monoisotopic (exact) mass is 316 g/mol. The van der Waals surface area contributed by atoms with E-state index in [1.54, 1.807) is 11.6 Å². The molecule has 23 heavy (non-hydrogen) atoms. The number of nitrogens with one attached hydrogen (secondary N) is 2. The van der Waals surface area contributed by atoms with Gasteiger partial charge in [0.1, 0.15) is 12.2 Å². The molecule has 2 heterocycles. The molecule has 3 rings (SSSR count). The number of non-ortho nitro benzene ring substituents is 1. The highest BCUT2D eigenvalue weighted by Crippen LogP contribution is 2.23. The number of nitro benzene ring substituents is 1. The zero-order chi connectivity index (χ0) is 16.4. The molecule has 0 fully saturated rings. The van der Waals surface area contributed by atoms with Crippen molar-refractivity contribution in [2.45, 2.75) is 32.4 Å². The highest BCUT2D eigenvalue weighted by molar-refractivity contribution is 5.90. The third-order valence-corrected chi connectivity index (χ3v) is 3.79. The van der Waals surface area contributed by atoms with Gasteiger partial charge in [-0.25, -0.2) is 14.5 Å². The summed E-state index contributed by atoms with van der Waals surface area (Å²) in [6, 6.07) is 3.75. The van der Waals surface area contributed by atoms with Gasteiger partial charge < -0.3 is 10.6 Å². The van der Waals surface area contributed by atoms with E-state index < -0.39 is 4.92 Å². The molecule has 9 heteroatoms. The third kappa shape index (κ3) is 3.12. The molecule has 0 saturated carbocycles. The first kappa shape index (κ1) is 14.9. The van der Waals surface area contributed by atoms with Crippen LogP contribution in [0.4, 0.5) is 16.2 Å². The highest BCUT2D eigenvalue weighted by Gasteiger charge is 2.24. The van der Waals surface area contributed by atoms with Crippen molar-refractivity contribution in [3.8, 4) is 0 Å². The van der Waals surface area contributed by atoms with E-state index in [4.69, 9.17) is 0 Å². The Bertz CT molecular complexity index is 757. The number of hydrogen-bond acceptors (Lipinski definition) is 5. The Morgan fingerprint density at radius 2 is 2.30 bits per heavy atom. The molecule has 1 aromatic heterocycles. The summed E-state index contributed by atoms with van der Waals surface area (Å²) in [7, 11) is 0. The SMILES string of the molecule is Cc1cc([N+](=O)[O-])ccc1NC(=O)N[C@H]1CCCn2ncnc21. The van der Waals surface area contributed by atoms with Crippen LogP contribution in [0.1, 0.15) is 30.3 Å². The Morgan fingerprint density at radius 1 is 1.48 bits per heavy atom. The van der Waals surface area contributed by atoms with Gasteiger partial charge in [-0.1, -0.05) is 0 Å². The summed E-state index contributed by atoms with van der Waals surface area (Å²) in [6.07, 6.45) is 3.19. The maximum atomic E-state index is 12.2. The normalized spacial score (nSPS) is 16.5. The fourth-order valence-corrected chi connectivity index (χ4v) is 2.64. The van der Waals surface area contributed by atoms with Crippen LogP contribution < -0.4 is 10.6 Å². The molecule has 0 saturated heterocycles. The fraction of sp³-hybridized carbons (Fsp3) is 0.357. The fourth-order valence-electron chi connectivity index (χ4n) is 2.64. The largest absolute Gasteiger partial charge is 0.328 e. The summed E-state index contributed by atoms with van der Waals surface area (Å²) in [4.78, 5) is 26.6. The number of carbonyl (C=O) groups excluding carboxylic acids is 1. The van der Waals surface area contributed by atoms with Crippen LogP contribution in [0, 0.1) is 17.0 Å². The number of hydrogen-bond donors (Lipinski definition) is 2. The van der Waals surface area contributed by atoms with Gasteiger partial charge in [0.15, 0.2) is 0 Å². The van der Waals surface area contributed by atoms with Crippen LogP contribution in [0.15, 0.2) is 24.5 Å². The lowest BCUT2D eigenvalue weighted by molar-refractivity contribution is -0.384. The summed E-state index contributed by atoms with van der Waals surface area (Å²) in [5, 5.41) is 20.4. The summed E-state index contributed by atoms with van der Waals surface area (Å²) in [5.74, 6) is 0.742. The minimum absolute atomic E-state index is 0.00570. The number of carbonyl (C=O) groups is 1. The van der Waals surface area contributed by atoms with Gasteiger partial charge in [0, 0.05) is 24.4 Å². The van der Waals surface area contributed by atoms with Gasteiger partial charge in [-0.3, -0.25) is 10.1 Å². The van der Waals surface area contributed by atoms with Gasteiger partial charge in [0.25, 0.3) is 5.69 Å². The molecule has 9 nitrogen and oxygen atoms in total. The minimum atomic E-state index is -0.467. The molecule has 1 atom stereocenters. The third-order valence-electron chi connectivity index (χ3n) is 3.79. The van der Waals surface area contributed by atoms with Crippen molar-refractivity contribution < 1.29 is 9.72 Å². The van der Waals surface area contributed by atoms with Gasteiger partial charge in [0.2, 0.25) is 0 Å². The van der Waals surface area contributed by atoms with Crippen molar-refractivity contribution in [2.24, 2.45) is 0 Å². The van der Waals surface area contributed by atoms with Crippen molar-refractivity contribution in [3.63, 3.8) is 0 Å². The minimum Gasteiger partial charge on any atom is -0.328 e. The van der Waals surface area contributed by atoms with Crippen LogP contribution in [0.2, 0.25) is 0 Å². The Morgan fingerprint density at radius 3 is 3.04 bits per heavy atom. The summed E-state index contributed by atoms with van der Waals surface area (Å²) < 4.78 is 1.78. The number of benzene rings is 1. The molecular formula is C14H16N6O3. The lowest BCUT2D eigenvalue weighted by Gasteiger charge is -2.23. The number of rotatable bonds is 3. The van der Waals surface area contributed by atoms with Crippen molar-refractivity contribution in [1.29, 1.82) is 0 Å². The number of nitro groups is 1. The average molecular weight is 316 g/mol. The first-order valence-electron chi connectivity index (χ1n) is 7.25. The molecule has 1 aliphatic heterocycles. The van der Waals surface area contributed by atoms with Gasteiger partial charge in [-0.05, 0) is 31.4 Å². The number of nitrogens with zero attached hydrogens (tertiary/aromatic N) is 4. The van der Waals surface area contributed by atoms with E-state index in [-0.39, 0.29) is 17.8 Å². The van der Waals surface area contributed by atoms with Crippen LogP contribution in [-0.4, -0.2) is 25.7 Å². The van der Waals surface area contributed by atoms with Gasteiger partial charge >= 0.3 is 6.03 Å². The molecule has 0 aliphatic carbocycles. The molecule has 0 radical (unpaired) electrons.